The van der Waals surface area contributed by atoms with E-state index in [1.165, 1.54) is 0 Å². The normalized spacial score (nSPS) is 10.2. The summed E-state index contributed by atoms with van der Waals surface area (Å²) in [5.41, 5.74) is 1.46. The highest BCUT2D eigenvalue weighted by atomic mass is 35.5. The highest BCUT2D eigenvalue weighted by Crippen LogP contribution is 2.10. The quantitative estimate of drug-likeness (QED) is 0.679. The summed E-state index contributed by atoms with van der Waals surface area (Å²) in [5.74, 6) is 1.20. The van der Waals surface area contributed by atoms with Crippen molar-refractivity contribution in [1.82, 2.24) is 15.3 Å². The van der Waals surface area contributed by atoms with Crippen LogP contribution in [0.1, 0.15) is 23.0 Å². The Labute approximate surface area is 140 Å². The molecule has 3 N–H and O–H groups in total. The zero-order chi connectivity index (χ0) is 16.7. The summed E-state index contributed by atoms with van der Waals surface area (Å²) >= 11 is 5.80. The molecule has 1 aromatic carbocycles. The summed E-state index contributed by atoms with van der Waals surface area (Å²) in [6.07, 6.45) is 0. The monoisotopic (exact) mass is 333 g/mol. The van der Waals surface area contributed by atoms with Crippen molar-refractivity contribution in [3.63, 3.8) is 0 Å². The highest BCUT2D eigenvalue weighted by molar-refractivity contribution is 6.30. The van der Waals surface area contributed by atoms with E-state index in [9.17, 15) is 4.79 Å². The van der Waals surface area contributed by atoms with Crippen LogP contribution in [0.2, 0.25) is 5.02 Å². The molecule has 0 saturated heterocycles. The fourth-order valence-corrected chi connectivity index (χ4v) is 2.09. The van der Waals surface area contributed by atoms with Crippen LogP contribution in [0.5, 0.6) is 0 Å². The van der Waals surface area contributed by atoms with Crippen LogP contribution in [0.3, 0.4) is 0 Å². The number of carbonyl (C=O) groups is 1. The van der Waals surface area contributed by atoms with E-state index in [-0.39, 0.29) is 5.91 Å². The number of benzene rings is 1. The Morgan fingerprint density at radius 2 is 1.87 bits per heavy atom. The highest BCUT2D eigenvalue weighted by Gasteiger charge is 2.05. The molecule has 1 heterocycles. The van der Waals surface area contributed by atoms with Crippen molar-refractivity contribution in [2.24, 2.45) is 0 Å². The molecule has 0 aliphatic heterocycles. The van der Waals surface area contributed by atoms with Crippen molar-refractivity contribution in [3.8, 4) is 0 Å². The maximum atomic E-state index is 11.9. The molecule has 1 aromatic heterocycles. The van der Waals surface area contributed by atoms with Gasteiger partial charge in [0.25, 0.3) is 5.91 Å². The van der Waals surface area contributed by atoms with Crippen molar-refractivity contribution in [3.05, 3.63) is 46.6 Å². The van der Waals surface area contributed by atoms with Crippen molar-refractivity contribution in [2.75, 3.05) is 30.3 Å². The molecule has 2 aromatic rings. The fourth-order valence-electron chi connectivity index (χ4n) is 1.97. The van der Waals surface area contributed by atoms with E-state index in [2.05, 4.69) is 25.9 Å². The van der Waals surface area contributed by atoms with Crippen molar-refractivity contribution >= 4 is 29.3 Å². The maximum absolute atomic E-state index is 11.9. The van der Waals surface area contributed by atoms with Crippen LogP contribution < -0.4 is 16.0 Å². The van der Waals surface area contributed by atoms with Gasteiger partial charge in [0.2, 0.25) is 5.95 Å². The van der Waals surface area contributed by atoms with Crippen LogP contribution in [-0.4, -0.2) is 35.5 Å². The van der Waals surface area contributed by atoms with Crippen molar-refractivity contribution < 1.29 is 4.79 Å². The number of carbonyl (C=O) groups excluding carboxylic acids is 1. The molecule has 0 radical (unpaired) electrons. The summed E-state index contributed by atoms with van der Waals surface area (Å²) in [6.45, 7) is 5.73. The molecule has 0 spiro atoms. The molecule has 2 rings (SSSR count). The summed E-state index contributed by atoms with van der Waals surface area (Å²) in [7, 11) is 0. The zero-order valence-corrected chi connectivity index (χ0v) is 13.9. The third kappa shape index (κ3) is 5.41. The van der Waals surface area contributed by atoms with E-state index in [0.29, 0.717) is 29.6 Å². The van der Waals surface area contributed by atoms with E-state index < -0.39 is 0 Å². The molecule has 6 nitrogen and oxygen atoms in total. The minimum Gasteiger partial charge on any atom is -0.368 e. The number of hydrogen-bond acceptors (Lipinski definition) is 5. The van der Waals surface area contributed by atoms with Crippen LogP contribution in [0.4, 0.5) is 11.8 Å². The predicted octanol–water partition coefficient (Wildman–Crippen LogP) is 2.71. The van der Waals surface area contributed by atoms with Gasteiger partial charge in [0.05, 0.1) is 0 Å². The first kappa shape index (κ1) is 17.0. The molecule has 23 heavy (non-hydrogen) atoms. The van der Waals surface area contributed by atoms with Gasteiger partial charge in [0, 0.05) is 42.0 Å². The van der Waals surface area contributed by atoms with Crippen LogP contribution >= 0.6 is 11.6 Å². The molecule has 0 aliphatic carbocycles. The summed E-state index contributed by atoms with van der Waals surface area (Å²) in [6, 6.07) is 8.65. The Balaban J connectivity index is 1.81. The second-order valence-electron chi connectivity index (χ2n) is 4.94. The Bertz CT molecular complexity index is 660. The van der Waals surface area contributed by atoms with Crippen LogP contribution in [0.25, 0.3) is 0 Å². The number of anilines is 2. The van der Waals surface area contributed by atoms with Gasteiger partial charge in [-0.2, -0.15) is 4.98 Å². The van der Waals surface area contributed by atoms with E-state index in [4.69, 9.17) is 11.6 Å². The van der Waals surface area contributed by atoms with E-state index in [1.807, 2.05) is 19.9 Å². The van der Waals surface area contributed by atoms with Crippen LogP contribution in [0.15, 0.2) is 30.3 Å². The van der Waals surface area contributed by atoms with Gasteiger partial charge >= 0.3 is 0 Å². The first-order chi connectivity index (χ1) is 11.1. The number of halogens is 1. The van der Waals surface area contributed by atoms with Gasteiger partial charge in [-0.1, -0.05) is 11.6 Å². The minimum atomic E-state index is -0.129. The lowest BCUT2D eigenvalue weighted by molar-refractivity contribution is 0.0955. The topological polar surface area (TPSA) is 78.9 Å². The van der Waals surface area contributed by atoms with E-state index in [1.54, 1.807) is 24.3 Å². The number of amides is 1. The molecule has 122 valence electrons. The molecule has 0 unspecified atom stereocenters. The van der Waals surface area contributed by atoms with E-state index in [0.717, 1.165) is 18.1 Å². The molecule has 7 heteroatoms. The molecular weight excluding hydrogens is 314 g/mol. The molecule has 1 amide bonds. The lowest BCUT2D eigenvalue weighted by Gasteiger charge is -2.10. The third-order valence-electron chi connectivity index (χ3n) is 3.01. The number of aromatic nitrogens is 2. The second kappa shape index (κ2) is 8.33. The zero-order valence-electron chi connectivity index (χ0n) is 13.2. The fraction of sp³-hybridized carbons (Fsp3) is 0.312. The number of aryl methyl sites for hydroxylation is 1. The molecule has 0 aliphatic rings. The van der Waals surface area contributed by atoms with Gasteiger partial charge in [-0.15, -0.1) is 0 Å². The Morgan fingerprint density at radius 3 is 2.57 bits per heavy atom. The van der Waals surface area contributed by atoms with Gasteiger partial charge in [0.1, 0.15) is 5.82 Å². The first-order valence-corrected chi connectivity index (χ1v) is 7.83. The van der Waals surface area contributed by atoms with Gasteiger partial charge in [0.15, 0.2) is 0 Å². The van der Waals surface area contributed by atoms with Gasteiger partial charge < -0.3 is 16.0 Å². The first-order valence-electron chi connectivity index (χ1n) is 7.45. The van der Waals surface area contributed by atoms with Gasteiger partial charge in [-0.05, 0) is 38.1 Å². The SMILES string of the molecule is CCNc1nc(C)cc(NCCNC(=O)c2ccc(Cl)cc2)n1. The third-order valence-corrected chi connectivity index (χ3v) is 3.26. The number of rotatable bonds is 7. The lowest BCUT2D eigenvalue weighted by atomic mass is 10.2. The molecule has 0 bridgehead atoms. The average molecular weight is 334 g/mol. The summed E-state index contributed by atoms with van der Waals surface area (Å²) < 4.78 is 0. The lowest BCUT2D eigenvalue weighted by Crippen LogP contribution is -2.28. The molecule has 0 fully saturated rings. The number of nitrogens with one attached hydrogen (secondary N) is 3. The number of hydrogen-bond donors (Lipinski definition) is 3. The standard InChI is InChI=1S/C16H20ClN5O/c1-3-18-16-21-11(2)10-14(22-16)19-8-9-20-15(23)12-4-6-13(17)7-5-12/h4-7,10H,3,8-9H2,1-2H3,(H,20,23)(H2,18,19,21,22). The molecule has 0 saturated carbocycles. The predicted molar refractivity (Wildman–Crippen MR) is 93.2 cm³/mol. The number of nitrogens with zero attached hydrogens (tertiary/aromatic N) is 2. The molecular formula is C16H20ClN5O. The van der Waals surface area contributed by atoms with Crippen LogP contribution in [-0.2, 0) is 0 Å². The largest absolute Gasteiger partial charge is 0.368 e. The minimum absolute atomic E-state index is 0.129. The van der Waals surface area contributed by atoms with E-state index >= 15 is 0 Å². The smallest absolute Gasteiger partial charge is 0.251 e. The van der Waals surface area contributed by atoms with Gasteiger partial charge in [-0.3, -0.25) is 4.79 Å². The average Bonchev–Trinajstić information content (AvgIpc) is 2.52. The molecule has 0 atom stereocenters. The van der Waals surface area contributed by atoms with Gasteiger partial charge in [-0.25, -0.2) is 4.98 Å². The second-order valence-corrected chi connectivity index (χ2v) is 5.37. The Kier molecular flexibility index (Phi) is 6.17. The summed E-state index contributed by atoms with van der Waals surface area (Å²) in [5, 5.41) is 9.70. The van der Waals surface area contributed by atoms with Crippen molar-refractivity contribution in [2.45, 2.75) is 13.8 Å². The summed E-state index contributed by atoms with van der Waals surface area (Å²) in [4.78, 5) is 20.6. The van der Waals surface area contributed by atoms with Crippen molar-refractivity contribution in [1.29, 1.82) is 0 Å². The van der Waals surface area contributed by atoms with Crippen LogP contribution in [0, 0.1) is 6.92 Å². The Morgan fingerprint density at radius 1 is 1.13 bits per heavy atom. The Hall–Kier alpha value is -2.34. The maximum Gasteiger partial charge on any atom is 0.251 e.